The summed E-state index contributed by atoms with van der Waals surface area (Å²) in [4.78, 5) is 2.27. The van der Waals surface area contributed by atoms with Crippen LogP contribution in [0.3, 0.4) is 0 Å². The molecule has 1 aliphatic rings. The van der Waals surface area contributed by atoms with E-state index >= 15 is 0 Å². The van der Waals surface area contributed by atoms with Gasteiger partial charge < -0.3 is 10.0 Å². The van der Waals surface area contributed by atoms with E-state index in [4.69, 9.17) is 0 Å². The van der Waals surface area contributed by atoms with E-state index in [1.54, 1.807) is 6.07 Å². The highest BCUT2D eigenvalue weighted by molar-refractivity contribution is 5.74. The summed E-state index contributed by atoms with van der Waals surface area (Å²) >= 11 is 0. The number of para-hydroxylation sites is 1. The number of aromatic hydroxyl groups is 1. The Labute approximate surface area is 101 Å². The average Bonchev–Trinajstić information content (AvgIpc) is 2.71. The van der Waals surface area contributed by atoms with Gasteiger partial charge in [-0.05, 0) is 35.7 Å². The van der Waals surface area contributed by atoms with Crippen LogP contribution in [0.4, 0.5) is 5.69 Å². The van der Waals surface area contributed by atoms with Crippen molar-refractivity contribution in [2.45, 2.75) is 6.42 Å². The average molecular weight is 225 g/mol. The maximum atomic E-state index is 9.85. The van der Waals surface area contributed by atoms with E-state index < -0.39 is 0 Å². The number of rotatable bonds is 1. The van der Waals surface area contributed by atoms with Crippen molar-refractivity contribution in [1.29, 1.82) is 0 Å². The van der Waals surface area contributed by atoms with E-state index in [9.17, 15) is 5.11 Å². The molecule has 1 aliphatic heterocycles. The zero-order valence-electron chi connectivity index (χ0n) is 9.85. The lowest BCUT2D eigenvalue weighted by Crippen LogP contribution is -2.12. The van der Waals surface area contributed by atoms with Crippen molar-refractivity contribution in [3.8, 4) is 16.9 Å². The molecule has 3 rings (SSSR count). The third kappa shape index (κ3) is 1.66. The molecule has 1 N–H and O–H groups in total. The summed E-state index contributed by atoms with van der Waals surface area (Å²) < 4.78 is 0. The van der Waals surface area contributed by atoms with Crippen LogP contribution in [0.5, 0.6) is 5.75 Å². The number of nitrogens with zero attached hydrogens (tertiary/aromatic N) is 1. The van der Waals surface area contributed by atoms with Gasteiger partial charge in [0.1, 0.15) is 5.75 Å². The van der Waals surface area contributed by atoms with Crippen LogP contribution in [0.25, 0.3) is 11.1 Å². The van der Waals surface area contributed by atoms with Gasteiger partial charge in [0.05, 0.1) is 0 Å². The summed E-state index contributed by atoms with van der Waals surface area (Å²) in [6.07, 6.45) is 1.09. The van der Waals surface area contributed by atoms with Crippen LogP contribution in [0, 0.1) is 0 Å². The van der Waals surface area contributed by atoms with Gasteiger partial charge in [-0.1, -0.05) is 24.3 Å². The SMILES string of the molecule is CN1CCc2cc(-c3ccccc3O)ccc21. The Hall–Kier alpha value is -1.96. The number of likely N-dealkylation sites (N-methyl/N-ethyl adjacent to an activating group) is 1. The van der Waals surface area contributed by atoms with E-state index in [0.29, 0.717) is 5.75 Å². The molecule has 2 nitrogen and oxygen atoms in total. The molecule has 2 heteroatoms. The molecule has 0 aliphatic carbocycles. The molecule has 0 amide bonds. The Morgan fingerprint density at radius 2 is 1.94 bits per heavy atom. The molecule has 0 atom stereocenters. The molecule has 2 aromatic rings. The van der Waals surface area contributed by atoms with E-state index in [1.807, 2.05) is 18.2 Å². The molecule has 0 saturated heterocycles. The maximum absolute atomic E-state index is 9.85. The Morgan fingerprint density at radius 3 is 2.76 bits per heavy atom. The molecule has 0 spiro atoms. The normalized spacial score (nSPS) is 13.8. The second kappa shape index (κ2) is 3.81. The third-order valence-corrected chi connectivity index (χ3v) is 3.42. The molecule has 0 fully saturated rings. The molecule has 86 valence electrons. The van der Waals surface area contributed by atoms with E-state index in [-0.39, 0.29) is 0 Å². The Bertz CT molecular complexity index is 563. The van der Waals surface area contributed by atoms with Crippen LogP contribution >= 0.6 is 0 Å². The first-order valence-electron chi connectivity index (χ1n) is 5.88. The molecule has 17 heavy (non-hydrogen) atoms. The lowest BCUT2D eigenvalue weighted by molar-refractivity contribution is 0.477. The topological polar surface area (TPSA) is 23.5 Å². The molecule has 0 aromatic heterocycles. The van der Waals surface area contributed by atoms with Crippen LogP contribution in [-0.4, -0.2) is 18.7 Å². The summed E-state index contributed by atoms with van der Waals surface area (Å²) in [5.74, 6) is 0.346. The van der Waals surface area contributed by atoms with E-state index in [1.165, 1.54) is 11.3 Å². The summed E-state index contributed by atoms with van der Waals surface area (Å²) in [7, 11) is 2.12. The molecule has 0 radical (unpaired) electrons. The van der Waals surface area contributed by atoms with Crippen molar-refractivity contribution in [3.63, 3.8) is 0 Å². The summed E-state index contributed by atoms with van der Waals surface area (Å²) in [6, 6.07) is 13.9. The van der Waals surface area contributed by atoms with Crippen LogP contribution in [0.15, 0.2) is 42.5 Å². The number of benzene rings is 2. The van der Waals surface area contributed by atoms with Gasteiger partial charge in [-0.15, -0.1) is 0 Å². The standard InChI is InChI=1S/C15H15NO/c1-16-9-8-12-10-11(6-7-14(12)16)13-4-2-3-5-15(13)17/h2-7,10,17H,8-9H2,1H3. The summed E-state index contributed by atoms with van der Waals surface area (Å²) in [6.45, 7) is 1.08. The largest absolute Gasteiger partial charge is 0.507 e. The highest BCUT2D eigenvalue weighted by atomic mass is 16.3. The predicted molar refractivity (Wildman–Crippen MR) is 70.5 cm³/mol. The van der Waals surface area contributed by atoms with Gasteiger partial charge in [0.15, 0.2) is 0 Å². The smallest absolute Gasteiger partial charge is 0.123 e. The van der Waals surface area contributed by atoms with Gasteiger partial charge in [-0.25, -0.2) is 0 Å². The molecule has 0 bridgehead atoms. The summed E-state index contributed by atoms with van der Waals surface area (Å²) in [5.41, 5.74) is 4.68. The Morgan fingerprint density at radius 1 is 1.12 bits per heavy atom. The minimum Gasteiger partial charge on any atom is -0.507 e. The zero-order valence-corrected chi connectivity index (χ0v) is 9.85. The fourth-order valence-electron chi connectivity index (χ4n) is 2.45. The van der Waals surface area contributed by atoms with Crippen LogP contribution in [0.1, 0.15) is 5.56 Å². The van der Waals surface area contributed by atoms with Crippen LogP contribution in [-0.2, 0) is 6.42 Å². The third-order valence-electron chi connectivity index (χ3n) is 3.42. The molecule has 0 unspecified atom stereocenters. The van der Waals surface area contributed by atoms with Gasteiger partial charge in [0, 0.05) is 24.8 Å². The van der Waals surface area contributed by atoms with Crippen molar-refractivity contribution in [3.05, 3.63) is 48.0 Å². The van der Waals surface area contributed by atoms with Crippen molar-refractivity contribution < 1.29 is 5.11 Å². The van der Waals surface area contributed by atoms with Crippen molar-refractivity contribution in [1.82, 2.24) is 0 Å². The molecule has 2 aromatic carbocycles. The van der Waals surface area contributed by atoms with Gasteiger partial charge in [-0.3, -0.25) is 0 Å². The first-order chi connectivity index (χ1) is 8.25. The number of anilines is 1. The fourth-order valence-corrected chi connectivity index (χ4v) is 2.45. The molecular formula is C15H15NO. The minimum atomic E-state index is 0.346. The molecule has 0 saturated carbocycles. The zero-order chi connectivity index (χ0) is 11.8. The molecule has 1 heterocycles. The Balaban J connectivity index is 2.09. The highest BCUT2D eigenvalue weighted by Gasteiger charge is 2.16. The number of phenolic OH excluding ortho intramolecular Hbond substituents is 1. The van der Waals surface area contributed by atoms with Crippen molar-refractivity contribution >= 4 is 5.69 Å². The second-order valence-corrected chi connectivity index (χ2v) is 4.53. The fraction of sp³-hybridized carbons (Fsp3) is 0.200. The van der Waals surface area contributed by atoms with Gasteiger partial charge in [-0.2, -0.15) is 0 Å². The monoisotopic (exact) mass is 225 g/mol. The maximum Gasteiger partial charge on any atom is 0.123 e. The second-order valence-electron chi connectivity index (χ2n) is 4.53. The summed E-state index contributed by atoms with van der Waals surface area (Å²) in [5, 5.41) is 9.85. The number of hydrogen-bond acceptors (Lipinski definition) is 2. The number of hydrogen-bond donors (Lipinski definition) is 1. The lowest BCUT2D eigenvalue weighted by Gasteiger charge is -2.12. The van der Waals surface area contributed by atoms with Gasteiger partial charge in [0.25, 0.3) is 0 Å². The van der Waals surface area contributed by atoms with Crippen molar-refractivity contribution in [2.75, 3.05) is 18.5 Å². The van der Waals surface area contributed by atoms with Crippen molar-refractivity contribution in [2.24, 2.45) is 0 Å². The van der Waals surface area contributed by atoms with Gasteiger partial charge in [0.2, 0.25) is 0 Å². The quantitative estimate of drug-likeness (QED) is 0.806. The minimum absolute atomic E-state index is 0.346. The van der Waals surface area contributed by atoms with E-state index in [0.717, 1.165) is 24.1 Å². The highest BCUT2D eigenvalue weighted by Crippen LogP contribution is 2.34. The number of phenols is 1. The van der Waals surface area contributed by atoms with Crippen LogP contribution < -0.4 is 4.90 Å². The first-order valence-corrected chi connectivity index (χ1v) is 5.88. The van der Waals surface area contributed by atoms with E-state index in [2.05, 4.69) is 30.1 Å². The Kier molecular flexibility index (Phi) is 2.29. The number of fused-ring (bicyclic) bond motifs is 1. The molecular weight excluding hydrogens is 210 g/mol. The van der Waals surface area contributed by atoms with Gasteiger partial charge >= 0.3 is 0 Å². The predicted octanol–water partition coefficient (Wildman–Crippen LogP) is 3.05. The lowest BCUT2D eigenvalue weighted by atomic mass is 10.0. The first kappa shape index (κ1) is 10.2. The van der Waals surface area contributed by atoms with Crippen LogP contribution in [0.2, 0.25) is 0 Å².